The zero-order valence-electron chi connectivity index (χ0n) is 22.1. The Bertz CT molecular complexity index is 1870. The van der Waals surface area contributed by atoms with Crippen LogP contribution in [0.25, 0.3) is 11.2 Å². The molecule has 3 saturated heterocycles. The summed E-state index contributed by atoms with van der Waals surface area (Å²) in [4.78, 5) is 51.3. The molecule has 244 valence electrons. The first-order valence-electron chi connectivity index (χ1n) is 12.8. The standard InChI is InChI=1S/C19H22F2N10O11P2S/c20-7-5-1-37-43(34,35)41-11-6(40-17(8(11)21)31-13-10(28-29-31)15(32)24-3-23-13)2-38-44(36,45)42-12(7)18(39-5)30-4-25-9-14(30)26-19(22)27-16(9)33/h3-8,11-12,17-18,28-29H,1-2H2,(H,34,35)(H,36,45)(H,23,24,32)(H3,22,26,27,33)/t5-,6-,7-,8+,11-,12-,17-,18-,44?/m1/s1. The van der Waals surface area contributed by atoms with E-state index in [1.807, 2.05) is 0 Å². The van der Waals surface area contributed by atoms with Crippen LogP contribution in [0.5, 0.6) is 0 Å². The van der Waals surface area contributed by atoms with E-state index >= 15 is 8.78 Å². The van der Waals surface area contributed by atoms with Crippen molar-refractivity contribution in [3.8, 4) is 0 Å². The van der Waals surface area contributed by atoms with Gasteiger partial charge in [0, 0.05) is 0 Å². The molecule has 0 spiro atoms. The Kier molecular flexibility index (Phi) is 7.52. The minimum Gasteiger partial charge on any atom is -0.369 e. The molecule has 7 heterocycles. The summed E-state index contributed by atoms with van der Waals surface area (Å²) in [7, 11) is -5.18. The molecule has 4 aliphatic heterocycles. The van der Waals surface area contributed by atoms with Gasteiger partial charge in [-0.05, 0) is 0 Å². The summed E-state index contributed by atoms with van der Waals surface area (Å²) >= 11 is 3.93. The summed E-state index contributed by atoms with van der Waals surface area (Å²) in [6.45, 7) is -6.32. The van der Waals surface area contributed by atoms with E-state index in [-0.39, 0.29) is 28.6 Å². The SMILES string of the molecule is Nc1nc2c(ncn2[C@@H]2O[C@@H]3COP(=O)(O)O[C@H]4[C@H](F)[C@H](N5NNc6c5nc[nH]c6=O)O[C@@H]4COP(=O)(S)O[C@@H]2[C@@H]3F)c(=O)[nH]1. The minimum atomic E-state index is -5.18. The van der Waals surface area contributed by atoms with Crippen molar-refractivity contribution in [3.63, 3.8) is 0 Å². The number of hydrogen-bond acceptors (Lipinski definition) is 17. The number of H-pyrrole nitrogens is 2. The number of fused-ring (bicyclic) bond motifs is 5. The number of alkyl halides is 2. The number of nitrogen functional groups attached to an aromatic ring is 1. The highest BCUT2D eigenvalue weighted by atomic mass is 32.7. The molecule has 21 nitrogen and oxygen atoms in total. The van der Waals surface area contributed by atoms with Gasteiger partial charge in [-0.2, -0.15) is 4.98 Å². The van der Waals surface area contributed by atoms with Crippen LogP contribution in [-0.4, -0.2) is 90.6 Å². The Morgan fingerprint density at radius 2 is 1.78 bits per heavy atom. The number of nitrogens with one attached hydrogen (secondary N) is 4. The van der Waals surface area contributed by atoms with Crippen molar-refractivity contribution < 1.29 is 50.4 Å². The summed E-state index contributed by atoms with van der Waals surface area (Å²) < 4.78 is 91.3. The number of aromatic amines is 2. The van der Waals surface area contributed by atoms with Crippen LogP contribution < -0.4 is 32.8 Å². The van der Waals surface area contributed by atoms with Crippen LogP contribution in [0.2, 0.25) is 0 Å². The Labute approximate surface area is 252 Å². The normalized spacial score (nSPS) is 38.6. The van der Waals surface area contributed by atoms with E-state index < -0.39 is 88.2 Å². The average molecular weight is 698 g/mol. The molecule has 3 aromatic rings. The van der Waals surface area contributed by atoms with Crippen LogP contribution in [-0.2, 0) is 36.7 Å². The summed E-state index contributed by atoms with van der Waals surface area (Å²) in [5.41, 5.74) is 8.93. The highest BCUT2D eigenvalue weighted by molar-refractivity contribution is 8.44. The maximum Gasteiger partial charge on any atom is 0.472 e. The second-order valence-corrected chi connectivity index (χ2v) is 14.3. The summed E-state index contributed by atoms with van der Waals surface area (Å²) in [5.74, 6) is -0.376. The fourth-order valence-electron chi connectivity index (χ4n) is 5.20. The highest BCUT2D eigenvalue weighted by Crippen LogP contribution is 2.58. The molecule has 0 aromatic carbocycles. The third-order valence-electron chi connectivity index (χ3n) is 7.19. The third-order valence-corrected chi connectivity index (χ3v) is 9.79. The predicted octanol–water partition coefficient (Wildman–Crippen LogP) is -0.609. The van der Waals surface area contributed by atoms with E-state index in [0.29, 0.717) is 0 Å². The fourth-order valence-corrected chi connectivity index (χ4v) is 7.61. The molecule has 0 radical (unpaired) electrons. The lowest BCUT2D eigenvalue weighted by Gasteiger charge is -2.26. The molecule has 0 saturated carbocycles. The lowest BCUT2D eigenvalue weighted by molar-refractivity contribution is -0.0575. The smallest absolute Gasteiger partial charge is 0.369 e. The maximum atomic E-state index is 15.9. The Morgan fingerprint density at radius 1 is 1.02 bits per heavy atom. The monoisotopic (exact) mass is 698 g/mol. The largest absolute Gasteiger partial charge is 0.472 e. The molecular weight excluding hydrogens is 676 g/mol. The number of anilines is 3. The molecule has 4 aliphatic rings. The van der Waals surface area contributed by atoms with Crippen molar-refractivity contribution in [2.75, 3.05) is 29.4 Å². The van der Waals surface area contributed by atoms with E-state index in [9.17, 15) is 23.6 Å². The number of nitrogens with two attached hydrogens (primary N) is 1. The molecule has 3 fully saturated rings. The van der Waals surface area contributed by atoms with Gasteiger partial charge in [-0.15, -0.1) is 5.53 Å². The van der Waals surface area contributed by atoms with Gasteiger partial charge in [0.15, 0.2) is 47.5 Å². The van der Waals surface area contributed by atoms with Gasteiger partial charge in [0.1, 0.15) is 24.4 Å². The topological polar surface area (TPSA) is 272 Å². The van der Waals surface area contributed by atoms with Gasteiger partial charge in [0.25, 0.3) is 11.1 Å². The van der Waals surface area contributed by atoms with Crippen LogP contribution in [0.4, 0.5) is 26.2 Å². The van der Waals surface area contributed by atoms with Gasteiger partial charge < -0.3 is 25.1 Å². The summed E-state index contributed by atoms with van der Waals surface area (Å²) in [5, 5.41) is 0.988. The maximum absolute atomic E-state index is 15.9. The van der Waals surface area contributed by atoms with Crippen LogP contribution in [0.15, 0.2) is 22.2 Å². The molecule has 2 unspecified atom stereocenters. The number of halogens is 2. The number of ether oxygens (including phenoxy) is 2. The number of thiol groups is 1. The van der Waals surface area contributed by atoms with Crippen molar-refractivity contribution in [2.45, 2.75) is 49.2 Å². The van der Waals surface area contributed by atoms with Crippen LogP contribution in [0.1, 0.15) is 6.23 Å². The van der Waals surface area contributed by atoms with Crippen molar-refractivity contribution in [1.82, 2.24) is 35.0 Å². The van der Waals surface area contributed by atoms with Gasteiger partial charge in [-0.3, -0.25) is 42.7 Å². The number of hydrogen-bond donors (Lipinski definition) is 7. The number of phosphoric ester groups is 1. The molecule has 26 heteroatoms. The number of aromatic nitrogens is 6. The molecule has 0 amide bonds. The number of imidazole rings is 1. The fraction of sp³-hybridized carbons (Fsp3) is 0.526. The third kappa shape index (κ3) is 5.44. The zero-order valence-corrected chi connectivity index (χ0v) is 24.8. The van der Waals surface area contributed by atoms with E-state index in [2.05, 4.69) is 48.1 Å². The number of nitrogens with zero attached hydrogens (tertiary/aromatic N) is 5. The Balaban J connectivity index is 1.19. The summed E-state index contributed by atoms with van der Waals surface area (Å²) in [6, 6.07) is 0. The Morgan fingerprint density at radius 3 is 2.58 bits per heavy atom. The molecule has 7 rings (SSSR count). The first-order chi connectivity index (χ1) is 21.3. The second-order valence-electron chi connectivity index (χ2n) is 10.0. The molecular formula is C19H22F2N10O11P2S. The number of rotatable bonds is 2. The molecule has 45 heavy (non-hydrogen) atoms. The van der Waals surface area contributed by atoms with E-state index in [1.54, 1.807) is 0 Å². The van der Waals surface area contributed by atoms with Crippen molar-refractivity contribution in [2.24, 2.45) is 0 Å². The Hall–Kier alpha value is -3.02. The summed E-state index contributed by atoms with van der Waals surface area (Å²) in [6.07, 6.45) is -12.4. The predicted molar refractivity (Wildman–Crippen MR) is 147 cm³/mol. The zero-order chi connectivity index (χ0) is 31.8. The van der Waals surface area contributed by atoms with Crippen LogP contribution >= 0.6 is 26.9 Å². The van der Waals surface area contributed by atoms with Gasteiger partial charge >= 0.3 is 14.6 Å². The van der Waals surface area contributed by atoms with Crippen molar-refractivity contribution in [3.05, 3.63) is 33.4 Å². The molecule has 7 N–H and O–H groups in total. The molecule has 3 aromatic heterocycles. The first kappa shape index (κ1) is 30.6. The van der Waals surface area contributed by atoms with Crippen molar-refractivity contribution >= 4 is 55.5 Å². The van der Waals surface area contributed by atoms with Crippen LogP contribution in [0, 0.1) is 0 Å². The van der Waals surface area contributed by atoms with Gasteiger partial charge in [0.2, 0.25) is 5.95 Å². The van der Waals surface area contributed by atoms with E-state index in [4.69, 9.17) is 33.3 Å². The van der Waals surface area contributed by atoms with Gasteiger partial charge in [-0.25, -0.2) is 32.9 Å². The number of phosphoric acid groups is 1. The second kappa shape index (κ2) is 11.1. The number of hydrazine groups is 2. The molecule has 10 atom stereocenters. The average Bonchev–Trinajstić information content (AvgIpc) is 3.72. The van der Waals surface area contributed by atoms with Gasteiger partial charge in [-0.1, -0.05) is 12.2 Å². The molecule has 2 bridgehead atoms. The highest BCUT2D eigenvalue weighted by Gasteiger charge is 2.56. The van der Waals surface area contributed by atoms with Gasteiger partial charge in [0.05, 0.1) is 25.9 Å². The van der Waals surface area contributed by atoms with Crippen molar-refractivity contribution in [1.29, 1.82) is 0 Å². The van der Waals surface area contributed by atoms with E-state index in [1.165, 1.54) is 0 Å². The van der Waals surface area contributed by atoms with E-state index in [0.717, 1.165) is 22.2 Å². The van der Waals surface area contributed by atoms with Crippen LogP contribution in [0.3, 0.4) is 0 Å². The lowest BCUT2D eigenvalue weighted by Crippen LogP contribution is -2.49. The quantitative estimate of drug-likeness (QED) is 0.130. The lowest BCUT2D eigenvalue weighted by atomic mass is 10.1. The molecule has 0 aliphatic carbocycles. The minimum absolute atomic E-state index is 0.0731. The first-order valence-corrected chi connectivity index (χ1v) is 17.0.